The molecule has 1 aliphatic rings. The molecule has 1 fully saturated rings. The van der Waals surface area contributed by atoms with E-state index in [-0.39, 0.29) is 0 Å². The predicted molar refractivity (Wildman–Crippen MR) is 86.2 cm³/mol. The van der Waals surface area contributed by atoms with Crippen LogP contribution < -0.4 is 10.2 Å². The van der Waals surface area contributed by atoms with E-state index in [1.54, 1.807) is 0 Å². The number of aryl methyl sites for hydroxylation is 1. The van der Waals surface area contributed by atoms with Crippen LogP contribution in [0.15, 0.2) is 24.8 Å². The summed E-state index contributed by atoms with van der Waals surface area (Å²) in [6, 6.07) is 5.62. The number of hydrogen-bond acceptors (Lipinski definition) is 3. The second-order valence-electron chi connectivity index (χ2n) is 5.89. The average molecular weight is 273 g/mol. The lowest BCUT2D eigenvalue weighted by atomic mass is 10.1. The van der Waals surface area contributed by atoms with Crippen LogP contribution in [0.3, 0.4) is 0 Å². The van der Waals surface area contributed by atoms with Gasteiger partial charge in [0.25, 0.3) is 0 Å². The molecule has 1 N–H and O–H groups in total. The first-order valence-electron chi connectivity index (χ1n) is 7.74. The van der Waals surface area contributed by atoms with E-state index in [1.807, 2.05) is 6.08 Å². The summed E-state index contributed by atoms with van der Waals surface area (Å²) in [6.07, 6.45) is 5.52. The zero-order valence-electron chi connectivity index (χ0n) is 13.0. The molecule has 0 radical (unpaired) electrons. The molecule has 0 spiro atoms. The topological polar surface area (TPSA) is 28.2 Å². The van der Waals surface area contributed by atoms with Crippen molar-refractivity contribution in [2.75, 3.05) is 11.4 Å². The average Bonchev–Trinajstić information content (AvgIpc) is 3.26. The summed E-state index contributed by atoms with van der Waals surface area (Å²) < 4.78 is 0. The fourth-order valence-corrected chi connectivity index (χ4v) is 2.34. The standard InChI is InChI=1S/C17H27N3/c1-5-9-20(16-7-8-16)17-11-14(12-18-13(3)4)10-15(6-2)19-17/h5,10-11,13,16,18H,1,6-9,12H2,2-4H3. The molecule has 2 rings (SSSR count). The Morgan fingerprint density at radius 1 is 1.45 bits per heavy atom. The lowest BCUT2D eigenvalue weighted by Crippen LogP contribution is -2.27. The van der Waals surface area contributed by atoms with Crippen molar-refractivity contribution in [1.82, 2.24) is 10.3 Å². The highest BCUT2D eigenvalue weighted by Crippen LogP contribution is 2.31. The van der Waals surface area contributed by atoms with Crippen LogP contribution >= 0.6 is 0 Å². The molecule has 0 atom stereocenters. The van der Waals surface area contributed by atoms with E-state index in [4.69, 9.17) is 4.98 Å². The van der Waals surface area contributed by atoms with Gasteiger partial charge in [0.15, 0.2) is 0 Å². The normalized spacial score (nSPS) is 14.6. The Hall–Kier alpha value is -1.35. The first kappa shape index (κ1) is 15.0. The van der Waals surface area contributed by atoms with E-state index in [1.165, 1.54) is 24.1 Å². The summed E-state index contributed by atoms with van der Waals surface area (Å²) in [5.41, 5.74) is 2.51. The zero-order chi connectivity index (χ0) is 14.5. The van der Waals surface area contributed by atoms with Crippen molar-refractivity contribution in [2.45, 2.75) is 58.7 Å². The Labute approximate surface area is 123 Å². The quantitative estimate of drug-likeness (QED) is 0.737. The second kappa shape index (κ2) is 6.89. The predicted octanol–water partition coefficient (Wildman–Crippen LogP) is 3.30. The molecular weight excluding hydrogens is 246 g/mol. The van der Waals surface area contributed by atoms with Gasteiger partial charge in [0.2, 0.25) is 0 Å². The first-order valence-corrected chi connectivity index (χ1v) is 7.74. The highest BCUT2D eigenvalue weighted by Gasteiger charge is 2.29. The fraction of sp³-hybridized carbons (Fsp3) is 0.588. The molecule has 1 aliphatic carbocycles. The molecule has 20 heavy (non-hydrogen) atoms. The molecule has 0 aliphatic heterocycles. The molecule has 0 amide bonds. The summed E-state index contributed by atoms with van der Waals surface area (Å²) in [5.74, 6) is 1.12. The van der Waals surface area contributed by atoms with Crippen LogP contribution in [0.4, 0.5) is 5.82 Å². The van der Waals surface area contributed by atoms with Crippen molar-refractivity contribution in [2.24, 2.45) is 0 Å². The molecule has 3 nitrogen and oxygen atoms in total. The van der Waals surface area contributed by atoms with Crippen LogP contribution in [0.1, 0.15) is 44.9 Å². The monoisotopic (exact) mass is 273 g/mol. The van der Waals surface area contributed by atoms with Gasteiger partial charge >= 0.3 is 0 Å². The van der Waals surface area contributed by atoms with Crippen LogP contribution in [-0.2, 0) is 13.0 Å². The van der Waals surface area contributed by atoms with E-state index in [0.717, 1.165) is 25.3 Å². The van der Waals surface area contributed by atoms with Crippen molar-refractivity contribution in [3.05, 3.63) is 36.0 Å². The van der Waals surface area contributed by atoms with E-state index < -0.39 is 0 Å². The summed E-state index contributed by atoms with van der Waals surface area (Å²) in [6.45, 7) is 12.2. The summed E-state index contributed by atoms with van der Waals surface area (Å²) >= 11 is 0. The van der Waals surface area contributed by atoms with Gasteiger partial charge in [0.1, 0.15) is 5.82 Å². The molecule has 3 heteroatoms. The summed E-state index contributed by atoms with van der Waals surface area (Å²) in [4.78, 5) is 7.20. The lowest BCUT2D eigenvalue weighted by Gasteiger charge is -2.23. The molecule has 110 valence electrons. The molecule has 1 aromatic rings. The fourth-order valence-electron chi connectivity index (χ4n) is 2.34. The van der Waals surface area contributed by atoms with Crippen molar-refractivity contribution in [1.29, 1.82) is 0 Å². The van der Waals surface area contributed by atoms with Gasteiger partial charge in [-0.2, -0.15) is 0 Å². The van der Waals surface area contributed by atoms with Crippen LogP contribution in [0.5, 0.6) is 0 Å². The van der Waals surface area contributed by atoms with Gasteiger partial charge in [-0.05, 0) is 37.0 Å². The lowest BCUT2D eigenvalue weighted by molar-refractivity contribution is 0.588. The molecule has 1 aromatic heterocycles. The molecule has 1 heterocycles. The van der Waals surface area contributed by atoms with Crippen LogP contribution in [0, 0.1) is 0 Å². The van der Waals surface area contributed by atoms with Gasteiger partial charge in [-0.25, -0.2) is 4.98 Å². The Morgan fingerprint density at radius 3 is 2.75 bits per heavy atom. The van der Waals surface area contributed by atoms with Crippen molar-refractivity contribution in [3.63, 3.8) is 0 Å². The van der Waals surface area contributed by atoms with E-state index in [9.17, 15) is 0 Å². The minimum absolute atomic E-state index is 0.504. The molecule has 0 bridgehead atoms. The third-order valence-corrected chi connectivity index (χ3v) is 3.61. The molecular formula is C17H27N3. The van der Waals surface area contributed by atoms with Gasteiger partial charge < -0.3 is 10.2 Å². The largest absolute Gasteiger partial charge is 0.350 e. The minimum Gasteiger partial charge on any atom is -0.350 e. The number of aromatic nitrogens is 1. The Kier molecular flexibility index (Phi) is 5.18. The van der Waals surface area contributed by atoms with Crippen molar-refractivity contribution >= 4 is 5.82 Å². The van der Waals surface area contributed by atoms with Crippen molar-refractivity contribution in [3.8, 4) is 0 Å². The maximum atomic E-state index is 4.81. The molecule has 0 unspecified atom stereocenters. The van der Waals surface area contributed by atoms with Gasteiger partial charge in [-0.1, -0.05) is 26.8 Å². The zero-order valence-corrected chi connectivity index (χ0v) is 13.0. The molecule has 1 saturated carbocycles. The van der Waals surface area contributed by atoms with Crippen LogP contribution in [0.2, 0.25) is 0 Å². The smallest absolute Gasteiger partial charge is 0.129 e. The number of rotatable bonds is 8. The highest BCUT2D eigenvalue weighted by molar-refractivity contribution is 5.46. The maximum absolute atomic E-state index is 4.81. The SMILES string of the molecule is C=CCN(c1cc(CNC(C)C)cc(CC)n1)C1CC1. The minimum atomic E-state index is 0.504. The second-order valence-corrected chi connectivity index (χ2v) is 5.89. The van der Waals surface area contributed by atoms with E-state index >= 15 is 0 Å². The molecule has 0 aromatic carbocycles. The van der Waals surface area contributed by atoms with Gasteiger partial charge in [-0.15, -0.1) is 6.58 Å². The number of hydrogen-bond donors (Lipinski definition) is 1. The first-order chi connectivity index (χ1) is 9.63. The van der Waals surface area contributed by atoms with Gasteiger partial charge in [0.05, 0.1) is 0 Å². The Balaban J connectivity index is 2.21. The van der Waals surface area contributed by atoms with Gasteiger partial charge in [0, 0.05) is 30.9 Å². The Bertz CT molecular complexity index is 450. The van der Waals surface area contributed by atoms with Crippen LogP contribution in [0.25, 0.3) is 0 Å². The summed E-state index contributed by atoms with van der Waals surface area (Å²) in [7, 11) is 0. The van der Waals surface area contributed by atoms with Crippen LogP contribution in [-0.4, -0.2) is 23.6 Å². The maximum Gasteiger partial charge on any atom is 0.129 e. The number of pyridine rings is 1. The number of nitrogens with zero attached hydrogens (tertiary/aromatic N) is 2. The third kappa shape index (κ3) is 4.07. The summed E-state index contributed by atoms with van der Waals surface area (Å²) in [5, 5.41) is 3.49. The molecule has 0 saturated heterocycles. The third-order valence-electron chi connectivity index (χ3n) is 3.61. The number of nitrogens with one attached hydrogen (secondary N) is 1. The van der Waals surface area contributed by atoms with Gasteiger partial charge in [-0.3, -0.25) is 0 Å². The van der Waals surface area contributed by atoms with Crippen molar-refractivity contribution < 1.29 is 0 Å². The van der Waals surface area contributed by atoms with E-state index in [2.05, 4.69) is 49.7 Å². The number of anilines is 1. The highest BCUT2D eigenvalue weighted by atomic mass is 15.2. The Morgan fingerprint density at radius 2 is 2.20 bits per heavy atom. The van der Waals surface area contributed by atoms with E-state index in [0.29, 0.717) is 12.1 Å².